The minimum absolute atomic E-state index is 0.321. The summed E-state index contributed by atoms with van der Waals surface area (Å²) in [5.74, 6) is -0.321. The lowest BCUT2D eigenvalue weighted by Gasteiger charge is -2.20. The minimum atomic E-state index is -5.16. The van der Waals surface area contributed by atoms with E-state index < -0.39 is 35.6 Å². The summed E-state index contributed by atoms with van der Waals surface area (Å²) < 4.78 is 80.4. The SMILES string of the molecule is COc1ccc(C(F)(F)F)c(C(F)(F)F)c1CN. The molecule has 0 aromatic heterocycles. The van der Waals surface area contributed by atoms with E-state index >= 15 is 0 Å². The second-order valence-corrected chi connectivity index (χ2v) is 3.37. The van der Waals surface area contributed by atoms with Gasteiger partial charge in [0, 0.05) is 12.1 Å². The average Bonchev–Trinajstić information content (AvgIpc) is 2.24. The molecule has 0 aliphatic heterocycles. The Balaban J connectivity index is 3.66. The number of alkyl halides is 6. The second kappa shape index (κ2) is 4.68. The van der Waals surface area contributed by atoms with Crippen molar-refractivity contribution in [1.29, 1.82) is 0 Å². The van der Waals surface area contributed by atoms with Gasteiger partial charge in [-0.2, -0.15) is 26.3 Å². The molecule has 2 N–H and O–H groups in total. The number of rotatable bonds is 2. The Bertz CT molecular complexity index is 437. The zero-order valence-electron chi connectivity index (χ0n) is 9.12. The molecule has 8 heteroatoms. The lowest BCUT2D eigenvalue weighted by atomic mass is 9.99. The molecule has 0 saturated heterocycles. The highest BCUT2D eigenvalue weighted by molar-refractivity contribution is 5.47. The van der Waals surface area contributed by atoms with Crippen LogP contribution in [0.2, 0.25) is 0 Å². The van der Waals surface area contributed by atoms with E-state index in [0.717, 1.165) is 13.2 Å². The number of ether oxygens (including phenoxy) is 1. The van der Waals surface area contributed by atoms with E-state index in [-0.39, 0.29) is 5.75 Å². The van der Waals surface area contributed by atoms with Crippen molar-refractivity contribution in [3.63, 3.8) is 0 Å². The van der Waals surface area contributed by atoms with Gasteiger partial charge < -0.3 is 10.5 Å². The molecule has 0 atom stereocenters. The monoisotopic (exact) mass is 273 g/mol. The van der Waals surface area contributed by atoms with Crippen LogP contribution in [0.5, 0.6) is 5.75 Å². The Kier molecular flexibility index (Phi) is 3.80. The summed E-state index contributed by atoms with van der Waals surface area (Å²) in [6, 6.07) is 1.15. The van der Waals surface area contributed by atoms with Crippen LogP contribution in [0.3, 0.4) is 0 Å². The molecule has 1 aromatic carbocycles. The minimum Gasteiger partial charge on any atom is -0.496 e. The van der Waals surface area contributed by atoms with Gasteiger partial charge in [-0.05, 0) is 12.1 Å². The third kappa shape index (κ3) is 2.69. The topological polar surface area (TPSA) is 35.2 Å². The van der Waals surface area contributed by atoms with E-state index in [1.807, 2.05) is 0 Å². The van der Waals surface area contributed by atoms with Gasteiger partial charge in [-0.15, -0.1) is 0 Å². The first-order valence-electron chi connectivity index (χ1n) is 4.67. The van der Waals surface area contributed by atoms with Gasteiger partial charge in [-0.1, -0.05) is 0 Å². The molecule has 0 unspecified atom stereocenters. The number of methoxy groups -OCH3 is 1. The molecule has 0 fully saturated rings. The van der Waals surface area contributed by atoms with Crippen LogP contribution in [-0.2, 0) is 18.9 Å². The molecule has 0 saturated carbocycles. The average molecular weight is 273 g/mol. The quantitative estimate of drug-likeness (QED) is 0.840. The molecule has 0 spiro atoms. The number of nitrogens with two attached hydrogens (primary N) is 1. The first kappa shape index (κ1) is 14.6. The maximum Gasteiger partial charge on any atom is 0.417 e. The van der Waals surface area contributed by atoms with Gasteiger partial charge in [0.2, 0.25) is 0 Å². The fourth-order valence-corrected chi connectivity index (χ4v) is 1.58. The van der Waals surface area contributed by atoms with Crippen LogP contribution in [0.25, 0.3) is 0 Å². The third-order valence-electron chi connectivity index (χ3n) is 2.28. The Hall–Kier alpha value is -1.44. The summed E-state index contributed by atoms with van der Waals surface area (Å²) in [6.07, 6.45) is -10.3. The molecule has 102 valence electrons. The highest BCUT2D eigenvalue weighted by Gasteiger charge is 2.45. The maximum atomic E-state index is 12.7. The Morgan fingerprint density at radius 2 is 1.61 bits per heavy atom. The molecule has 18 heavy (non-hydrogen) atoms. The largest absolute Gasteiger partial charge is 0.496 e. The van der Waals surface area contributed by atoms with Crippen molar-refractivity contribution in [2.24, 2.45) is 5.73 Å². The van der Waals surface area contributed by atoms with Crippen molar-refractivity contribution in [2.45, 2.75) is 18.9 Å². The lowest BCUT2D eigenvalue weighted by Crippen LogP contribution is -2.21. The molecule has 0 amide bonds. The first-order chi connectivity index (χ1) is 8.12. The van der Waals surface area contributed by atoms with Crippen LogP contribution < -0.4 is 10.5 Å². The van der Waals surface area contributed by atoms with Gasteiger partial charge in [0.15, 0.2) is 0 Å². The highest BCUT2D eigenvalue weighted by atomic mass is 19.4. The summed E-state index contributed by atoms with van der Waals surface area (Å²) >= 11 is 0. The summed E-state index contributed by atoms with van der Waals surface area (Å²) in [6.45, 7) is -0.706. The molecule has 0 aliphatic carbocycles. The zero-order chi connectivity index (χ0) is 14.1. The van der Waals surface area contributed by atoms with E-state index in [0.29, 0.717) is 6.07 Å². The highest BCUT2D eigenvalue weighted by Crippen LogP contribution is 2.44. The molecule has 2 nitrogen and oxygen atoms in total. The van der Waals surface area contributed by atoms with Crippen LogP contribution in [0, 0.1) is 0 Å². The summed E-state index contributed by atoms with van der Waals surface area (Å²) in [4.78, 5) is 0. The maximum absolute atomic E-state index is 12.7. The Morgan fingerprint density at radius 1 is 1.06 bits per heavy atom. The lowest BCUT2D eigenvalue weighted by molar-refractivity contribution is -0.162. The van der Waals surface area contributed by atoms with Gasteiger partial charge in [-0.25, -0.2) is 0 Å². The summed E-state index contributed by atoms with van der Waals surface area (Å²) in [5.41, 5.74) is 0.818. The van der Waals surface area contributed by atoms with Crippen LogP contribution in [-0.4, -0.2) is 7.11 Å². The van der Waals surface area contributed by atoms with Crippen LogP contribution >= 0.6 is 0 Å². The molecule has 0 heterocycles. The van der Waals surface area contributed by atoms with Gasteiger partial charge >= 0.3 is 12.4 Å². The first-order valence-corrected chi connectivity index (χ1v) is 4.67. The summed E-state index contributed by atoms with van der Waals surface area (Å²) in [5, 5.41) is 0. The number of halogens is 6. The van der Waals surface area contributed by atoms with Crippen molar-refractivity contribution in [1.82, 2.24) is 0 Å². The number of hydrogen-bond donors (Lipinski definition) is 1. The zero-order valence-corrected chi connectivity index (χ0v) is 9.12. The van der Waals surface area contributed by atoms with Gasteiger partial charge in [0.25, 0.3) is 0 Å². The van der Waals surface area contributed by atoms with E-state index in [4.69, 9.17) is 5.73 Å². The number of benzene rings is 1. The standard InChI is InChI=1S/C10H9F6NO/c1-18-7-3-2-6(9(11,12)13)8(5(7)4-17)10(14,15)16/h2-3H,4,17H2,1H3. The Labute approximate surface area is 98.3 Å². The normalized spacial score (nSPS) is 12.7. The van der Waals surface area contributed by atoms with E-state index in [1.165, 1.54) is 0 Å². The summed E-state index contributed by atoms with van der Waals surface area (Å²) in [7, 11) is 1.06. The predicted octanol–water partition coefficient (Wildman–Crippen LogP) is 3.19. The van der Waals surface area contributed by atoms with Crippen molar-refractivity contribution in [3.05, 3.63) is 28.8 Å². The fraction of sp³-hybridized carbons (Fsp3) is 0.400. The van der Waals surface area contributed by atoms with Crippen molar-refractivity contribution >= 4 is 0 Å². The van der Waals surface area contributed by atoms with E-state index in [2.05, 4.69) is 4.74 Å². The molecule has 1 aromatic rings. The van der Waals surface area contributed by atoms with Gasteiger partial charge in [0.05, 0.1) is 18.2 Å². The fourth-order valence-electron chi connectivity index (χ4n) is 1.58. The smallest absolute Gasteiger partial charge is 0.417 e. The van der Waals surface area contributed by atoms with Crippen LogP contribution in [0.1, 0.15) is 16.7 Å². The van der Waals surface area contributed by atoms with Gasteiger partial charge in [-0.3, -0.25) is 0 Å². The molecule has 1 rings (SSSR count). The van der Waals surface area contributed by atoms with E-state index in [9.17, 15) is 26.3 Å². The third-order valence-corrected chi connectivity index (χ3v) is 2.28. The molecular weight excluding hydrogens is 264 g/mol. The molecule has 0 bridgehead atoms. The van der Waals surface area contributed by atoms with E-state index in [1.54, 1.807) is 0 Å². The molecular formula is C10H9F6NO. The molecule has 0 radical (unpaired) electrons. The van der Waals surface area contributed by atoms with Crippen LogP contribution in [0.4, 0.5) is 26.3 Å². The van der Waals surface area contributed by atoms with Crippen molar-refractivity contribution < 1.29 is 31.1 Å². The number of hydrogen-bond acceptors (Lipinski definition) is 2. The Morgan fingerprint density at radius 3 is 1.94 bits per heavy atom. The predicted molar refractivity (Wildman–Crippen MR) is 50.9 cm³/mol. The van der Waals surface area contributed by atoms with Crippen molar-refractivity contribution in [3.8, 4) is 5.75 Å². The van der Waals surface area contributed by atoms with Crippen LogP contribution in [0.15, 0.2) is 12.1 Å². The second-order valence-electron chi connectivity index (χ2n) is 3.37. The molecule has 0 aliphatic rings. The van der Waals surface area contributed by atoms with Gasteiger partial charge in [0.1, 0.15) is 5.75 Å². The van der Waals surface area contributed by atoms with Crippen molar-refractivity contribution in [2.75, 3.05) is 7.11 Å².